The first-order valence-electron chi connectivity index (χ1n) is 10.3. The van der Waals surface area contributed by atoms with Crippen LogP contribution in [0.2, 0.25) is 5.02 Å². The van der Waals surface area contributed by atoms with E-state index in [0.717, 1.165) is 24.1 Å². The zero-order chi connectivity index (χ0) is 22.1. The number of carbonyl (C=O) groups is 2. The van der Waals surface area contributed by atoms with Crippen molar-refractivity contribution < 1.29 is 19.4 Å². The van der Waals surface area contributed by atoms with E-state index < -0.39 is 17.7 Å². The average molecular weight is 441 g/mol. The summed E-state index contributed by atoms with van der Waals surface area (Å²) in [4.78, 5) is 29.5. The van der Waals surface area contributed by atoms with E-state index in [-0.39, 0.29) is 17.4 Å². The van der Waals surface area contributed by atoms with Crippen LogP contribution in [0.1, 0.15) is 30.0 Å². The van der Waals surface area contributed by atoms with Crippen molar-refractivity contribution in [3.63, 3.8) is 0 Å². The lowest BCUT2D eigenvalue weighted by molar-refractivity contribution is -0.140. The quantitative estimate of drug-likeness (QED) is 0.432. The molecule has 2 fully saturated rings. The minimum absolute atomic E-state index is 0.0860. The van der Waals surface area contributed by atoms with E-state index in [1.54, 1.807) is 24.3 Å². The molecule has 2 aromatic carbocycles. The molecule has 2 heterocycles. The summed E-state index contributed by atoms with van der Waals surface area (Å²) >= 11 is 5.97. The lowest BCUT2D eigenvalue weighted by Crippen LogP contribution is -2.36. The second-order valence-electron chi connectivity index (χ2n) is 8.08. The molecule has 1 N–H and O–H groups in total. The first-order chi connectivity index (χ1) is 14.9. The van der Waals surface area contributed by atoms with Crippen molar-refractivity contribution in [3.8, 4) is 0 Å². The predicted molar refractivity (Wildman–Crippen MR) is 120 cm³/mol. The van der Waals surface area contributed by atoms with Crippen LogP contribution in [-0.4, -0.2) is 55.0 Å². The van der Waals surface area contributed by atoms with Crippen molar-refractivity contribution >= 4 is 34.7 Å². The molecular weight excluding hydrogens is 416 g/mol. The maximum Gasteiger partial charge on any atom is 0.295 e. The first-order valence-corrected chi connectivity index (χ1v) is 10.7. The molecule has 2 saturated heterocycles. The van der Waals surface area contributed by atoms with E-state index >= 15 is 0 Å². The van der Waals surface area contributed by atoms with Crippen LogP contribution in [0, 0.1) is 0 Å². The molecule has 2 aromatic rings. The summed E-state index contributed by atoms with van der Waals surface area (Å²) in [6.07, 6.45) is 1.66. The highest BCUT2D eigenvalue weighted by Crippen LogP contribution is 2.40. The van der Waals surface area contributed by atoms with Crippen LogP contribution >= 0.6 is 11.6 Å². The van der Waals surface area contributed by atoms with Crippen LogP contribution in [0.25, 0.3) is 5.76 Å². The number of hydrogen-bond donors (Lipinski definition) is 1. The number of Topliss-reactive ketones (excluding diaryl/α,β-unsaturated/α-hetero) is 1. The summed E-state index contributed by atoms with van der Waals surface area (Å²) < 4.78 is 5.72. The van der Waals surface area contributed by atoms with E-state index in [1.165, 1.54) is 4.90 Å². The largest absolute Gasteiger partial charge is 0.507 e. The summed E-state index contributed by atoms with van der Waals surface area (Å²) in [6, 6.07) is 13.5. The number of nitrogens with zero attached hydrogens (tertiary/aromatic N) is 2. The van der Waals surface area contributed by atoms with Gasteiger partial charge in [0.05, 0.1) is 17.7 Å². The zero-order valence-corrected chi connectivity index (χ0v) is 18.3. The van der Waals surface area contributed by atoms with Crippen LogP contribution in [0.3, 0.4) is 0 Å². The Morgan fingerprint density at radius 2 is 1.81 bits per heavy atom. The minimum atomic E-state index is -0.688. The molecule has 162 valence electrons. The van der Waals surface area contributed by atoms with Crippen LogP contribution in [0.4, 0.5) is 5.69 Å². The Morgan fingerprint density at radius 3 is 2.39 bits per heavy atom. The first kappa shape index (κ1) is 21.4. The number of hydrogen-bond acceptors (Lipinski definition) is 5. The van der Waals surface area contributed by atoms with E-state index in [0.29, 0.717) is 23.7 Å². The molecule has 0 radical (unpaired) electrons. The molecular formula is C24H25ClN2O4. The van der Waals surface area contributed by atoms with Crippen molar-refractivity contribution in [2.45, 2.75) is 25.0 Å². The van der Waals surface area contributed by atoms with Crippen molar-refractivity contribution in [3.05, 3.63) is 70.3 Å². The third kappa shape index (κ3) is 4.18. The van der Waals surface area contributed by atoms with Gasteiger partial charge in [0.1, 0.15) is 5.76 Å². The van der Waals surface area contributed by atoms with Gasteiger partial charge < -0.3 is 19.6 Å². The molecule has 0 aliphatic carbocycles. The summed E-state index contributed by atoms with van der Waals surface area (Å²) in [5.41, 5.74) is 2.29. The molecule has 4 rings (SSSR count). The maximum absolute atomic E-state index is 13.0. The Hall–Kier alpha value is -2.83. The van der Waals surface area contributed by atoms with E-state index in [1.807, 2.05) is 43.3 Å². The number of aliphatic hydroxyl groups excluding tert-OH is 1. The minimum Gasteiger partial charge on any atom is -0.507 e. The molecule has 2 atom stereocenters. The Kier molecular flexibility index (Phi) is 6.03. The Balaban J connectivity index is 1.80. The smallest absolute Gasteiger partial charge is 0.295 e. The van der Waals surface area contributed by atoms with Gasteiger partial charge in [0.15, 0.2) is 0 Å². The van der Waals surface area contributed by atoms with E-state index in [4.69, 9.17) is 16.3 Å². The number of rotatable bonds is 5. The van der Waals surface area contributed by atoms with Gasteiger partial charge in [0.2, 0.25) is 0 Å². The van der Waals surface area contributed by atoms with Crippen molar-refractivity contribution in [1.29, 1.82) is 0 Å². The summed E-state index contributed by atoms with van der Waals surface area (Å²) in [5.74, 6) is -1.51. The predicted octanol–water partition coefficient (Wildman–Crippen LogP) is 4.01. The number of anilines is 1. The number of benzene rings is 2. The number of amides is 1. The molecule has 1 amide bonds. The average Bonchev–Trinajstić information content (AvgIpc) is 3.36. The van der Waals surface area contributed by atoms with Gasteiger partial charge in [0, 0.05) is 43.5 Å². The fraction of sp³-hybridized carbons (Fsp3) is 0.333. The second-order valence-corrected chi connectivity index (χ2v) is 8.52. The molecule has 0 bridgehead atoms. The van der Waals surface area contributed by atoms with Gasteiger partial charge in [-0.15, -0.1) is 0 Å². The van der Waals surface area contributed by atoms with Crippen molar-refractivity contribution in [2.24, 2.45) is 0 Å². The number of ketones is 1. The van der Waals surface area contributed by atoms with Gasteiger partial charge >= 0.3 is 0 Å². The standard InChI is InChI=1S/C24H25ClN2O4/c1-26(2)18-11-7-15(8-12-18)21-20(22(28)16-5-9-17(25)10-6-16)23(29)24(30)27(21)14-19-4-3-13-31-19/h5-12,19,21,28H,3-4,13-14H2,1-2H3. The fourth-order valence-electron chi connectivity index (χ4n) is 4.14. The maximum atomic E-state index is 13.0. The molecule has 0 aromatic heterocycles. The molecule has 2 aliphatic rings. The van der Waals surface area contributed by atoms with E-state index in [2.05, 4.69) is 0 Å². The number of likely N-dealkylation sites (tertiary alicyclic amines) is 1. The van der Waals surface area contributed by atoms with Crippen LogP contribution in [0.15, 0.2) is 54.1 Å². The summed E-state index contributed by atoms with van der Waals surface area (Å²) in [6.45, 7) is 0.962. The monoisotopic (exact) mass is 440 g/mol. The molecule has 2 unspecified atom stereocenters. The number of ether oxygens (including phenoxy) is 1. The summed E-state index contributed by atoms with van der Waals surface area (Å²) in [5, 5.41) is 11.6. The molecule has 2 aliphatic heterocycles. The van der Waals surface area contributed by atoms with Gasteiger partial charge in [-0.25, -0.2) is 0 Å². The zero-order valence-electron chi connectivity index (χ0n) is 17.5. The Morgan fingerprint density at radius 1 is 1.13 bits per heavy atom. The third-order valence-electron chi connectivity index (χ3n) is 5.81. The molecule has 0 spiro atoms. The highest BCUT2D eigenvalue weighted by Gasteiger charge is 2.47. The lowest BCUT2D eigenvalue weighted by Gasteiger charge is -2.28. The fourth-order valence-corrected chi connectivity index (χ4v) is 4.27. The number of carbonyl (C=O) groups excluding carboxylic acids is 2. The second kappa shape index (κ2) is 8.73. The molecule has 31 heavy (non-hydrogen) atoms. The Labute approximate surface area is 186 Å². The van der Waals surface area contributed by atoms with Crippen molar-refractivity contribution in [1.82, 2.24) is 4.90 Å². The lowest BCUT2D eigenvalue weighted by atomic mass is 9.95. The van der Waals surface area contributed by atoms with Crippen LogP contribution in [0.5, 0.6) is 0 Å². The van der Waals surface area contributed by atoms with Crippen molar-refractivity contribution in [2.75, 3.05) is 32.1 Å². The Bertz CT molecular complexity index is 1010. The SMILES string of the molecule is CN(C)c1ccc(C2C(=C(O)c3ccc(Cl)cc3)C(=O)C(=O)N2CC2CCCO2)cc1. The van der Waals surface area contributed by atoms with Gasteiger partial charge in [-0.2, -0.15) is 0 Å². The van der Waals surface area contributed by atoms with Gasteiger partial charge in [-0.1, -0.05) is 23.7 Å². The van der Waals surface area contributed by atoms with Gasteiger partial charge in [0.25, 0.3) is 11.7 Å². The van der Waals surface area contributed by atoms with Gasteiger partial charge in [-0.3, -0.25) is 9.59 Å². The molecule has 0 saturated carbocycles. The highest BCUT2D eigenvalue weighted by atomic mass is 35.5. The van der Waals surface area contributed by atoms with E-state index in [9.17, 15) is 14.7 Å². The summed E-state index contributed by atoms with van der Waals surface area (Å²) in [7, 11) is 3.89. The third-order valence-corrected chi connectivity index (χ3v) is 6.06. The van der Waals surface area contributed by atoms with Crippen LogP contribution < -0.4 is 4.90 Å². The highest BCUT2D eigenvalue weighted by molar-refractivity contribution is 6.46. The number of halogens is 1. The normalized spacial score (nSPS) is 22.9. The molecule has 6 nitrogen and oxygen atoms in total. The number of aliphatic hydroxyl groups is 1. The van der Waals surface area contributed by atoms with Gasteiger partial charge in [-0.05, 0) is 54.8 Å². The topological polar surface area (TPSA) is 70.1 Å². The van der Waals surface area contributed by atoms with Crippen LogP contribution in [-0.2, 0) is 14.3 Å². The molecule has 7 heteroatoms.